The van der Waals surface area contributed by atoms with Crippen molar-refractivity contribution in [3.63, 3.8) is 0 Å². The number of aromatic nitrogens is 2. The number of nitrogens with one attached hydrogen (secondary N) is 1. The van der Waals surface area contributed by atoms with Gasteiger partial charge < -0.3 is 19.9 Å². The Labute approximate surface area is 179 Å². The van der Waals surface area contributed by atoms with Crippen LogP contribution in [0.4, 0.5) is 13.2 Å². The van der Waals surface area contributed by atoms with Crippen LogP contribution in [0.1, 0.15) is 39.0 Å². The first-order valence-corrected chi connectivity index (χ1v) is 9.39. The van der Waals surface area contributed by atoms with Crippen molar-refractivity contribution in [1.82, 2.24) is 9.55 Å². The molecule has 0 unspecified atom stereocenters. The number of carbonyl (C=O) groups is 2. The lowest BCUT2D eigenvalue weighted by Gasteiger charge is -2.23. The van der Waals surface area contributed by atoms with E-state index in [0.717, 1.165) is 10.8 Å². The summed E-state index contributed by atoms with van der Waals surface area (Å²) in [6, 6.07) is 0. The third kappa shape index (κ3) is 6.21. The molecular weight excluding hydrogens is 439 g/mol. The Morgan fingerprint density at radius 1 is 1.28 bits per heavy atom. The Morgan fingerprint density at radius 3 is 2.50 bits per heavy atom. The second-order valence-corrected chi connectivity index (χ2v) is 7.87. The number of ether oxygens (including phenoxy) is 3. The molecular formula is C19H22F3N3O7. The molecule has 0 spiro atoms. The minimum absolute atomic E-state index is 0.0457. The van der Waals surface area contributed by atoms with Crippen LogP contribution in [0.5, 0.6) is 0 Å². The number of rotatable bonds is 4. The second kappa shape index (κ2) is 9.58. The molecule has 0 radical (unpaired) electrons. The predicted octanol–water partition coefficient (Wildman–Crippen LogP) is 0.198. The number of alkyl halides is 3. The highest BCUT2D eigenvalue weighted by Crippen LogP contribution is 2.32. The number of aromatic amines is 1. The fourth-order valence-electron chi connectivity index (χ4n) is 2.63. The van der Waals surface area contributed by atoms with Crippen LogP contribution in [0.3, 0.4) is 0 Å². The van der Waals surface area contributed by atoms with Gasteiger partial charge >= 0.3 is 23.8 Å². The van der Waals surface area contributed by atoms with E-state index in [1.54, 1.807) is 20.8 Å². The summed E-state index contributed by atoms with van der Waals surface area (Å²) in [7, 11) is 0. The van der Waals surface area contributed by atoms with Gasteiger partial charge in [0, 0.05) is 12.6 Å². The molecule has 1 fully saturated rings. The van der Waals surface area contributed by atoms with E-state index < -0.39 is 59.8 Å². The Balaban J connectivity index is 2.32. The van der Waals surface area contributed by atoms with Crippen LogP contribution in [-0.2, 0) is 23.8 Å². The number of nitrogens with two attached hydrogens (primary N) is 1. The molecule has 0 aliphatic carbocycles. The molecule has 13 heteroatoms. The first-order chi connectivity index (χ1) is 14.7. The molecule has 1 aliphatic rings. The van der Waals surface area contributed by atoms with Gasteiger partial charge in [-0.2, -0.15) is 13.2 Å². The smallest absolute Gasteiger partial charge is 0.459 e. The normalized spacial score (nSPS) is 20.9. The number of nitrogens with zero attached hydrogens (tertiary/aromatic N) is 1. The van der Waals surface area contributed by atoms with Crippen LogP contribution >= 0.6 is 0 Å². The molecule has 1 aliphatic heterocycles. The van der Waals surface area contributed by atoms with Gasteiger partial charge in [0.2, 0.25) is 0 Å². The first kappa shape index (κ1) is 25.2. The highest BCUT2D eigenvalue weighted by atomic mass is 19.4. The van der Waals surface area contributed by atoms with Crippen molar-refractivity contribution in [3.8, 4) is 11.8 Å². The molecule has 176 valence electrons. The molecule has 1 aromatic heterocycles. The summed E-state index contributed by atoms with van der Waals surface area (Å²) < 4.78 is 53.5. The Morgan fingerprint density at radius 2 is 1.94 bits per heavy atom. The van der Waals surface area contributed by atoms with Gasteiger partial charge in [-0.3, -0.25) is 19.1 Å². The first-order valence-electron chi connectivity index (χ1n) is 9.39. The molecule has 3 N–H and O–H groups in total. The van der Waals surface area contributed by atoms with Crippen LogP contribution in [0.15, 0.2) is 15.8 Å². The van der Waals surface area contributed by atoms with Gasteiger partial charge in [0.1, 0.15) is 30.6 Å². The Kier molecular flexibility index (Phi) is 7.53. The highest BCUT2D eigenvalue weighted by molar-refractivity contribution is 5.76. The monoisotopic (exact) mass is 461 g/mol. The number of H-pyrrole nitrogens is 1. The standard InChI is InChI=1S/C19H22F3N3O7/c1-18(2,3)15(27)32-11-7-13(31-12(11)9-30-16(28)19(20,21)22)25-8-10(5-4-6-23)14(26)24-17(25)29/h8,11-13H,6-7,9,23H2,1-3H3,(H,24,26,29)/t11-,12+,13+/m0/s1. The molecule has 2 rings (SSSR count). The van der Waals surface area contributed by atoms with Gasteiger partial charge in [-0.1, -0.05) is 11.8 Å². The summed E-state index contributed by atoms with van der Waals surface area (Å²) >= 11 is 0. The third-order valence-corrected chi connectivity index (χ3v) is 4.26. The summed E-state index contributed by atoms with van der Waals surface area (Å²) in [6.45, 7) is 3.77. The molecule has 10 nitrogen and oxygen atoms in total. The fraction of sp³-hybridized carbons (Fsp3) is 0.579. The molecule has 1 aromatic rings. The lowest BCUT2D eigenvalue weighted by molar-refractivity contribution is -0.204. The number of esters is 2. The Hall–Kier alpha value is -3.11. The van der Waals surface area contributed by atoms with Gasteiger partial charge in [0.25, 0.3) is 5.56 Å². The van der Waals surface area contributed by atoms with Crippen molar-refractivity contribution < 1.29 is 37.0 Å². The lowest BCUT2D eigenvalue weighted by Crippen LogP contribution is -2.37. The van der Waals surface area contributed by atoms with Crippen LogP contribution in [0.2, 0.25) is 0 Å². The quantitative estimate of drug-likeness (QED) is 0.478. The number of carbonyl (C=O) groups excluding carboxylic acids is 2. The van der Waals surface area contributed by atoms with Crippen LogP contribution < -0.4 is 17.0 Å². The van der Waals surface area contributed by atoms with E-state index in [1.165, 1.54) is 0 Å². The van der Waals surface area contributed by atoms with Gasteiger partial charge in [0.05, 0.1) is 12.0 Å². The molecule has 0 amide bonds. The Bertz CT molecular complexity index is 1040. The molecule has 0 aromatic carbocycles. The van der Waals surface area contributed by atoms with Gasteiger partial charge in [-0.25, -0.2) is 9.59 Å². The van der Waals surface area contributed by atoms with Crippen molar-refractivity contribution in [2.75, 3.05) is 13.2 Å². The topological polar surface area (TPSA) is 143 Å². The van der Waals surface area contributed by atoms with E-state index in [4.69, 9.17) is 15.2 Å². The maximum absolute atomic E-state index is 12.5. The minimum atomic E-state index is -5.22. The van der Waals surface area contributed by atoms with Crippen molar-refractivity contribution in [1.29, 1.82) is 0 Å². The van der Waals surface area contributed by atoms with Crippen LogP contribution in [0, 0.1) is 17.3 Å². The zero-order chi connectivity index (χ0) is 24.3. The molecule has 0 bridgehead atoms. The molecule has 32 heavy (non-hydrogen) atoms. The van der Waals surface area contributed by atoms with Crippen molar-refractivity contribution in [2.45, 2.75) is 51.8 Å². The largest absolute Gasteiger partial charge is 0.490 e. The van der Waals surface area contributed by atoms with Crippen LogP contribution in [0.25, 0.3) is 0 Å². The highest BCUT2D eigenvalue weighted by Gasteiger charge is 2.45. The maximum atomic E-state index is 12.5. The fourth-order valence-corrected chi connectivity index (χ4v) is 2.63. The summed E-state index contributed by atoms with van der Waals surface area (Å²) in [4.78, 5) is 49.5. The van der Waals surface area contributed by atoms with E-state index in [2.05, 4.69) is 16.6 Å². The average molecular weight is 461 g/mol. The number of hydrogen-bond acceptors (Lipinski definition) is 8. The summed E-state index contributed by atoms with van der Waals surface area (Å²) in [6.07, 6.45) is -7.86. The summed E-state index contributed by atoms with van der Waals surface area (Å²) in [5.41, 5.74) is 2.58. The number of halogens is 3. The maximum Gasteiger partial charge on any atom is 0.490 e. The van der Waals surface area contributed by atoms with E-state index in [0.29, 0.717) is 0 Å². The lowest BCUT2D eigenvalue weighted by atomic mass is 9.97. The van der Waals surface area contributed by atoms with Gasteiger partial charge in [-0.15, -0.1) is 0 Å². The van der Waals surface area contributed by atoms with E-state index in [-0.39, 0.29) is 18.5 Å². The molecule has 0 saturated carbocycles. The summed E-state index contributed by atoms with van der Waals surface area (Å²) in [5, 5.41) is 0. The van der Waals surface area contributed by atoms with Gasteiger partial charge in [-0.05, 0) is 20.8 Å². The molecule has 3 atom stereocenters. The van der Waals surface area contributed by atoms with Crippen LogP contribution in [-0.4, -0.2) is 53.0 Å². The zero-order valence-corrected chi connectivity index (χ0v) is 17.4. The van der Waals surface area contributed by atoms with Crippen molar-refractivity contribution in [2.24, 2.45) is 11.1 Å². The zero-order valence-electron chi connectivity index (χ0n) is 17.4. The summed E-state index contributed by atoms with van der Waals surface area (Å²) in [5.74, 6) is 1.82. The molecule has 1 saturated heterocycles. The third-order valence-electron chi connectivity index (χ3n) is 4.26. The molecule has 2 heterocycles. The predicted molar refractivity (Wildman–Crippen MR) is 102 cm³/mol. The van der Waals surface area contributed by atoms with E-state index >= 15 is 0 Å². The second-order valence-electron chi connectivity index (χ2n) is 7.87. The van der Waals surface area contributed by atoms with Gasteiger partial charge in [0.15, 0.2) is 0 Å². The number of hydrogen-bond donors (Lipinski definition) is 2. The van der Waals surface area contributed by atoms with Crippen molar-refractivity contribution in [3.05, 3.63) is 32.6 Å². The van der Waals surface area contributed by atoms with E-state index in [1.807, 2.05) is 4.98 Å². The van der Waals surface area contributed by atoms with E-state index in [9.17, 15) is 32.3 Å². The minimum Gasteiger partial charge on any atom is -0.459 e. The van der Waals surface area contributed by atoms with Crippen molar-refractivity contribution >= 4 is 11.9 Å². The SMILES string of the molecule is CC(C)(C)C(=O)O[C@H]1C[C@H](n2cc(C#CCN)c(=O)[nH]c2=O)O[C@@H]1COC(=O)C(F)(F)F. The average Bonchev–Trinajstić information content (AvgIpc) is 3.06.